The first-order valence-electron chi connectivity index (χ1n) is 8.39. The number of aromatic amines is 1. The molecule has 27 heavy (non-hydrogen) atoms. The van der Waals surface area contributed by atoms with Gasteiger partial charge >= 0.3 is 5.97 Å². The van der Waals surface area contributed by atoms with E-state index in [1.54, 1.807) is 24.3 Å². The van der Waals surface area contributed by atoms with Crippen LogP contribution in [0.1, 0.15) is 27.2 Å². The largest absolute Gasteiger partial charge is 0.451 e. The third-order valence-corrected chi connectivity index (χ3v) is 4.17. The van der Waals surface area contributed by atoms with Crippen LogP contribution in [0.3, 0.4) is 0 Å². The van der Waals surface area contributed by atoms with Crippen LogP contribution < -0.4 is 10.9 Å². The zero-order chi connectivity index (χ0) is 19.6. The zero-order valence-corrected chi connectivity index (χ0v) is 15.3. The van der Waals surface area contributed by atoms with Crippen LogP contribution >= 0.6 is 0 Å². The molecule has 7 heteroatoms. The number of anilines is 1. The van der Waals surface area contributed by atoms with Crippen LogP contribution in [0.15, 0.2) is 41.2 Å². The molecule has 2 aromatic carbocycles. The van der Waals surface area contributed by atoms with Crippen molar-refractivity contribution in [2.75, 3.05) is 11.9 Å². The van der Waals surface area contributed by atoms with Crippen LogP contribution in [-0.4, -0.2) is 28.7 Å². The zero-order valence-electron chi connectivity index (χ0n) is 15.3. The maximum Gasteiger partial charge on any atom is 0.359 e. The number of esters is 1. The molecule has 0 radical (unpaired) electrons. The van der Waals surface area contributed by atoms with Gasteiger partial charge in [-0.3, -0.25) is 9.59 Å². The summed E-state index contributed by atoms with van der Waals surface area (Å²) in [5.41, 5.74) is 3.23. The lowest BCUT2D eigenvalue weighted by atomic mass is 10.1. The Labute approximate surface area is 155 Å². The van der Waals surface area contributed by atoms with Gasteiger partial charge in [0.1, 0.15) is 0 Å². The number of H-pyrrole nitrogens is 1. The molecule has 0 atom stereocenters. The first kappa shape index (κ1) is 18.3. The fourth-order valence-electron chi connectivity index (χ4n) is 3.02. The highest BCUT2D eigenvalue weighted by molar-refractivity contribution is 6.03. The minimum atomic E-state index is -0.782. The lowest BCUT2D eigenvalue weighted by molar-refractivity contribution is -0.119. The van der Waals surface area contributed by atoms with Gasteiger partial charge in [0.05, 0.1) is 5.39 Å². The standard InChI is InChI=1S/C20H19N3O4/c1-11-8-12(2)17(13(3)9-11)21-16(24)10-27-20(26)18-14-6-4-5-7-15(14)19(25)23-22-18/h4-9H,10H2,1-3H3,(H,21,24)(H,23,25). The number of benzene rings is 2. The third-order valence-electron chi connectivity index (χ3n) is 4.17. The molecule has 3 aromatic rings. The SMILES string of the molecule is Cc1cc(C)c(NC(=O)COC(=O)c2n[nH]c(=O)c3ccccc23)c(C)c1. The summed E-state index contributed by atoms with van der Waals surface area (Å²) in [6.07, 6.45) is 0. The normalized spacial score (nSPS) is 10.6. The number of amides is 1. The number of nitrogens with one attached hydrogen (secondary N) is 2. The summed E-state index contributed by atoms with van der Waals surface area (Å²) in [6, 6.07) is 10.5. The van der Waals surface area contributed by atoms with Gasteiger partial charge in [-0.05, 0) is 38.0 Å². The summed E-state index contributed by atoms with van der Waals surface area (Å²) in [7, 11) is 0. The average Bonchev–Trinajstić information content (AvgIpc) is 2.63. The second kappa shape index (κ2) is 7.41. The van der Waals surface area contributed by atoms with E-state index in [4.69, 9.17) is 4.74 Å². The molecule has 7 nitrogen and oxygen atoms in total. The summed E-state index contributed by atoms with van der Waals surface area (Å²) < 4.78 is 5.08. The molecule has 0 bridgehead atoms. The molecule has 1 aromatic heterocycles. The topological polar surface area (TPSA) is 101 Å². The Bertz CT molecular complexity index is 1080. The smallest absolute Gasteiger partial charge is 0.359 e. The van der Waals surface area contributed by atoms with E-state index in [0.29, 0.717) is 16.5 Å². The van der Waals surface area contributed by atoms with Crippen molar-refractivity contribution < 1.29 is 14.3 Å². The molecule has 1 heterocycles. The van der Waals surface area contributed by atoms with Gasteiger partial charge < -0.3 is 10.1 Å². The molecule has 3 rings (SSSR count). The summed E-state index contributed by atoms with van der Waals surface area (Å²) in [5.74, 6) is -1.23. The Kier molecular flexibility index (Phi) is 5.03. The number of ether oxygens (including phenoxy) is 1. The minimum Gasteiger partial charge on any atom is -0.451 e. The van der Waals surface area contributed by atoms with Gasteiger partial charge in [-0.15, -0.1) is 0 Å². The molecule has 0 spiro atoms. The molecule has 0 aliphatic rings. The molecule has 138 valence electrons. The van der Waals surface area contributed by atoms with Crippen molar-refractivity contribution in [3.63, 3.8) is 0 Å². The summed E-state index contributed by atoms with van der Waals surface area (Å²) >= 11 is 0. The summed E-state index contributed by atoms with van der Waals surface area (Å²) in [5, 5.41) is 9.49. The fourth-order valence-corrected chi connectivity index (χ4v) is 3.02. The summed E-state index contributed by atoms with van der Waals surface area (Å²) in [6.45, 7) is 5.33. The quantitative estimate of drug-likeness (QED) is 0.692. The van der Waals surface area contributed by atoms with E-state index < -0.39 is 24.0 Å². The van der Waals surface area contributed by atoms with E-state index in [-0.39, 0.29) is 5.69 Å². The maximum atomic E-state index is 12.3. The molecule has 0 saturated heterocycles. The molecule has 0 aliphatic heterocycles. The van der Waals surface area contributed by atoms with Crippen LogP contribution in [-0.2, 0) is 9.53 Å². The predicted molar refractivity (Wildman–Crippen MR) is 102 cm³/mol. The van der Waals surface area contributed by atoms with Crippen LogP contribution in [0.4, 0.5) is 5.69 Å². The van der Waals surface area contributed by atoms with Crippen molar-refractivity contribution in [2.24, 2.45) is 0 Å². The monoisotopic (exact) mass is 365 g/mol. The number of rotatable bonds is 4. The Morgan fingerprint density at radius 1 is 1.07 bits per heavy atom. The molecular weight excluding hydrogens is 346 g/mol. The van der Waals surface area contributed by atoms with Crippen molar-refractivity contribution in [2.45, 2.75) is 20.8 Å². The minimum absolute atomic E-state index is 0.0410. The van der Waals surface area contributed by atoms with E-state index in [1.165, 1.54) is 0 Å². The van der Waals surface area contributed by atoms with Gasteiger partial charge in [0.15, 0.2) is 12.3 Å². The second-order valence-corrected chi connectivity index (χ2v) is 6.34. The average molecular weight is 365 g/mol. The van der Waals surface area contributed by atoms with Gasteiger partial charge in [0, 0.05) is 11.1 Å². The van der Waals surface area contributed by atoms with E-state index >= 15 is 0 Å². The Hall–Kier alpha value is -3.48. The van der Waals surface area contributed by atoms with E-state index in [0.717, 1.165) is 16.7 Å². The number of hydrogen-bond acceptors (Lipinski definition) is 5. The van der Waals surface area contributed by atoms with Gasteiger partial charge in [-0.25, -0.2) is 9.89 Å². The predicted octanol–water partition coefficient (Wildman–Crippen LogP) is 2.64. The molecule has 0 saturated carbocycles. The molecule has 1 amide bonds. The molecule has 0 aliphatic carbocycles. The number of hydrogen-bond donors (Lipinski definition) is 2. The number of nitrogens with zero attached hydrogens (tertiary/aromatic N) is 1. The van der Waals surface area contributed by atoms with Gasteiger partial charge in [-0.2, -0.15) is 5.10 Å². The number of aryl methyl sites for hydroxylation is 3. The van der Waals surface area contributed by atoms with E-state index in [2.05, 4.69) is 15.5 Å². The van der Waals surface area contributed by atoms with Crippen molar-refractivity contribution >= 4 is 28.3 Å². The van der Waals surface area contributed by atoms with Crippen LogP contribution in [0.25, 0.3) is 10.8 Å². The molecular formula is C20H19N3O4. The van der Waals surface area contributed by atoms with Gasteiger partial charge in [-0.1, -0.05) is 35.9 Å². The van der Waals surface area contributed by atoms with Crippen molar-refractivity contribution in [3.05, 3.63) is 69.1 Å². The third kappa shape index (κ3) is 3.87. The van der Waals surface area contributed by atoms with Crippen LogP contribution in [0, 0.1) is 20.8 Å². The molecule has 0 fully saturated rings. The van der Waals surface area contributed by atoms with Crippen molar-refractivity contribution in [1.82, 2.24) is 10.2 Å². The van der Waals surface area contributed by atoms with Crippen LogP contribution in [0.2, 0.25) is 0 Å². The number of carbonyl (C=O) groups excluding carboxylic acids is 2. The molecule has 0 unspecified atom stereocenters. The molecule has 2 N–H and O–H groups in total. The number of aromatic nitrogens is 2. The Morgan fingerprint density at radius 3 is 2.37 bits per heavy atom. The Balaban J connectivity index is 1.72. The highest BCUT2D eigenvalue weighted by Crippen LogP contribution is 2.21. The van der Waals surface area contributed by atoms with Crippen LogP contribution in [0.5, 0.6) is 0 Å². The number of fused-ring (bicyclic) bond motifs is 1. The first-order chi connectivity index (χ1) is 12.9. The van der Waals surface area contributed by atoms with Crippen molar-refractivity contribution in [1.29, 1.82) is 0 Å². The second-order valence-electron chi connectivity index (χ2n) is 6.34. The lowest BCUT2D eigenvalue weighted by Crippen LogP contribution is -2.23. The number of carbonyl (C=O) groups is 2. The fraction of sp³-hybridized carbons (Fsp3) is 0.200. The maximum absolute atomic E-state index is 12.3. The van der Waals surface area contributed by atoms with E-state index in [9.17, 15) is 14.4 Å². The summed E-state index contributed by atoms with van der Waals surface area (Å²) in [4.78, 5) is 36.3. The van der Waals surface area contributed by atoms with Gasteiger partial charge in [0.25, 0.3) is 11.5 Å². The first-order valence-corrected chi connectivity index (χ1v) is 8.39. The highest BCUT2D eigenvalue weighted by Gasteiger charge is 2.17. The van der Waals surface area contributed by atoms with Crippen molar-refractivity contribution in [3.8, 4) is 0 Å². The Morgan fingerprint density at radius 2 is 1.70 bits per heavy atom. The van der Waals surface area contributed by atoms with Gasteiger partial charge in [0.2, 0.25) is 0 Å². The van der Waals surface area contributed by atoms with E-state index in [1.807, 2.05) is 32.9 Å². The lowest BCUT2D eigenvalue weighted by Gasteiger charge is -2.13. The highest BCUT2D eigenvalue weighted by atomic mass is 16.5.